The van der Waals surface area contributed by atoms with Crippen LogP contribution in [0.25, 0.3) is 21.5 Å². The van der Waals surface area contributed by atoms with E-state index in [9.17, 15) is 8.42 Å². The number of nitrogens with one attached hydrogen (secondary N) is 1. The summed E-state index contributed by atoms with van der Waals surface area (Å²) in [5.41, 5.74) is 5.90. The molecule has 0 amide bonds. The van der Waals surface area contributed by atoms with E-state index >= 15 is 0 Å². The zero-order valence-electron chi connectivity index (χ0n) is 28.6. The first kappa shape index (κ1) is 39.5. The minimum atomic E-state index is -3.68. The molecule has 0 unspecified atom stereocenters. The summed E-state index contributed by atoms with van der Waals surface area (Å²) >= 11 is 24.1. The number of hydrogen-bond donors (Lipinski definition) is 1. The third-order valence-electron chi connectivity index (χ3n) is 7.88. The molecule has 0 saturated heterocycles. The fourth-order valence-corrected chi connectivity index (χ4v) is 7.29. The normalized spacial score (nSPS) is 11.2. The van der Waals surface area contributed by atoms with Gasteiger partial charge in [0.1, 0.15) is 10.3 Å². The van der Waals surface area contributed by atoms with E-state index in [-0.39, 0.29) is 10.0 Å². The molecule has 50 heavy (non-hydrogen) atoms. The Labute approximate surface area is 315 Å². The second-order valence-electron chi connectivity index (χ2n) is 11.7. The molecule has 6 aromatic rings. The highest BCUT2D eigenvalue weighted by Gasteiger charge is 2.24. The lowest BCUT2D eigenvalue weighted by atomic mass is 10.1. The Kier molecular flexibility index (Phi) is 14.5. The molecule has 6 nitrogen and oxygen atoms in total. The van der Waals surface area contributed by atoms with E-state index in [0.29, 0.717) is 39.1 Å². The number of aryl methyl sites for hydroxylation is 3. The number of sulfonamides is 1. The molecule has 0 radical (unpaired) electrons. The number of hydrogen-bond acceptors (Lipinski definition) is 5. The van der Waals surface area contributed by atoms with E-state index in [1.807, 2.05) is 63.2 Å². The minimum absolute atomic E-state index is 0.171. The van der Waals surface area contributed by atoms with Crippen molar-refractivity contribution < 1.29 is 8.42 Å². The summed E-state index contributed by atoms with van der Waals surface area (Å²) in [5, 5.41) is 8.14. The van der Waals surface area contributed by atoms with Gasteiger partial charge in [0.15, 0.2) is 0 Å². The monoisotopic (exact) mass is 768 g/mol. The molecular formula is C39H40Cl4N4O2S. The summed E-state index contributed by atoms with van der Waals surface area (Å²) in [5.74, 6) is 0. The van der Waals surface area contributed by atoms with Crippen LogP contribution in [0.15, 0.2) is 102 Å². The van der Waals surface area contributed by atoms with Crippen LogP contribution in [0.4, 0.5) is 0 Å². The highest BCUT2D eigenvalue weighted by atomic mass is 35.5. The molecule has 6 rings (SSSR count). The van der Waals surface area contributed by atoms with Gasteiger partial charge >= 0.3 is 0 Å². The maximum Gasteiger partial charge on any atom is 0.243 e. The number of halogens is 4. The number of fused-ring (bicyclic) bond motifs is 2. The van der Waals surface area contributed by atoms with E-state index in [2.05, 4.69) is 53.4 Å². The van der Waals surface area contributed by atoms with Crippen LogP contribution in [-0.2, 0) is 23.1 Å². The Bertz CT molecular complexity index is 2160. The summed E-state index contributed by atoms with van der Waals surface area (Å²) in [4.78, 5) is 8.15. The van der Waals surface area contributed by atoms with Crippen molar-refractivity contribution in [2.45, 2.75) is 52.6 Å². The number of rotatable bonds is 8. The van der Waals surface area contributed by atoms with Gasteiger partial charge < -0.3 is 5.32 Å². The fourth-order valence-electron chi connectivity index (χ4n) is 4.99. The molecule has 0 spiro atoms. The molecule has 0 aliphatic heterocycles. The third-order valence-corrected chi connectivity index (χ3v) is 11.0. The molecule has 0 bridgehead atoms. The smallest absolute Gasteiger partial charge is 0.243 e. The molecule has 2 aromatic heterocycles. The molecule has 0 aliphatic rings. The van der Waals surface area contributed by atoms with Crippen LogP contribution in [0.1, 0.15) is 41.7 Å². The highest BCUT2D eigenvalue weighted by molar-refractivity contribution is 7.89. The van der Waals surface area contributed by atoms with Gasteiger partial charge in [0.25, 0.3) is 0 Å². The summed E-state index contributed by atoms with van der Waals surface area (Å²) in [6.07, 6.45) is 3.03. The van der Waals surface area contributed by atoms with Crippen LogP contribution < -0.4 is 5.32 Å². The maximum absolute atomic E-state index is 13.1. The van der Waals surface area contributed by atoms with Crippen LogP contribution in [0.5, 0.6) is 0 Å². The van der Waals surface area contributed by atoms with E-state index < -0.39 is 10.0 Å². The van der Waals surface area contributed by atoms with Crippen LogP contribution >= 0.6 is 46.4 Å². The zero-order chi connectivity index (χ0) is 36.4. The van der Waals surface area contributed by atoms with Crippen molar-refractivity contribution in [1.29, 1.82) is 0 Å². The van der Waals surface area contributed by atoms with Crippen LogP contribution in [-0.4, -0.2) is 35.8 Å². The van der Waals surface area contributed by atoms with Gasteiger partial charge in [-0.3, -0.25) is 0 Å². The Morgan fingerprint density at radius 2 is 1.10 bits per heavy atom. The summed E-state index contributed by atoms with van der Waals surface area (Å²) in [6.45, 7) is 12.7. The van der Waals surface area contributed by atoms with E-state index in [4.69, 9.17) is 46.4 Å². The minimum Gasteiger partial charge on any atom is -0.313 e. The van der Waals surface area contributed by atoms with E-state index in [0.717, 1.165) is 40.6 Å². The van der Waals surface area contributed by atoms with Gasteiger partial charge in [-0.15, -0.1) is 0 Å². The predicted molar refractivity (Wildman–Crippen MR) is 211 cm³/mol. The Balaban J connectivity index is 0.000000194. The number of aromatic nitrogens is 2. The molecule has 4 aromatic carbocycles. The second kappa shape index (κ2) is 18.3. The SMILES string of the molecule is CCN(Cc1ccc(C)cc1)S(=O)(=O)c1ccc2c(Cl)cnc(Cl)c2c1.CCNCc1ccc(C)cc1.Cc1ccc2c(Cl)cnc(Cl)c2c1. The molecule has 0 fully saturated rings. The number of pyridine rings is 2. The van der Waals surface area contributed by atoms with Crippen molar-refractivity contribution in [3.05, 3.63) is 145 Å². The number of nitrogens with zero attached hydrogens (tertiary/aromatic N) is 3. The molecule has 2 heterocycles. The van der Waals surface area contributed by atoms with Gasteiger partial charge in [-0.1, -0.05) is 144 Å². The predicted octanol–water partition coefficient (Wildman–Crippen LogP) is 11.0. The second-order valence-corrected chi connectivity index (χ2v) is 15.2. The highest BCUT2D eigenvalue weighted by Crippen LogP contribution is 2.31. The largest absolute Gasteiger partial charge is 0.313 e. The topological polar surface area (TPSA) is 75.2 Å². The molecule has 0 aliphatic carbocycles. The molecular weight excluding hydrogens is 730 g/mol. The number of benzene rings is 4. The summed E-state index contributed by atoms with van der Waals surface area (Å²) < 4.78 is 27.6. The third kappa shape index (κ3) is 10.4. The first-order valence-corrected chi connectivity index (χ1v) is 19.0. The molecule has 0 atom stereocenters. The molecule has 1 N–H and O–H groups in total. The van der Waals surface area contributed by atoms with Gasteiger partial charge in [0.05, 0.1) is 14.9 Å². The molecule has 11 heteroatoms. The van der Waals surface area contributed by atoms with Crippen molar-refractivity contribution in [2.24, 2.45) is 0 Å². The zero-order valence-corrected chi connectivity index (χ0v) is 32.5. The van der Waals surface area contributed by atoms with Crippen LogP contribution in [0.3, 0.4) is 0 Å². The van der Waals surface area contributed by atoms with Crippen molar-refractivity contribution in [2.75, 3.05) is 13.1 Å². The lowest BCUT2D eigenvalue weighted by Gasteiger charge is -2.21. The quantitative estimate of drug-likeness (QED) is 0.156. The maximum atomic E-state index is 13.1. The standard InChI is InChI=1S/C19H18Cl2N2O2S.C10H7Cl2N.C10H15N/c1-3-23(12-14-6-4-13(2)5-7-14)26(24,25)15-8-9-16-17(10-15)19(21)22-11-18(16)20;1-6-2-3-7-8(4-6)10(12)13-5-9(7)11;1-3-11-8-10-6-4-9(2)5-7-10/h4-11H,3,12H2,1-2H3;2-5H,1H3;4-7,11H,3,8H2,1-2H3. The summed E-state index contributed by atoms with van der Waals surface area (Å²) in [7, 11) is -3.68. The van der Waals surface area contributed by atoms with Gasteiger partial charge in [0, 0.05) is 53.6 Å². The van der Waals surface area contributed by atoms with Gasteiger partial charge in [-0.2, -0.15) is 4.31 Å². The lowest BCUT2D eigenvalue weighted by Crippen LogP contribution is -2.30. The first-order chi connectivity index (χ1) is 23.8. The van der Waals surface area contributed by atoms with E-state index in [1.54, 1.807) is 18.3 Å². The van der Waals surface area contributed by atoms with Crippen molar-refractivity contribution in [3.63, 3.8) is 0 Å². The molecule has 0 saturated carbocycles. The van der Waals surface area contributed by atoms with E-state index in [1.165, 1.54) is 27.7 Å². The van der Waals surface area contributed by atoms with Crippen LogP contribution in [0.2, 0.25) is 20.4 Å². The Morgan fingerprint density at radius 3 is 1.62 bits per heavy atom. The van der Waals surface area contributed by atoms with Gasteiger partial charge in [0.2, 0.25) is 10.0 Å². The van der Waals surface area contributed by atoms with Crippen molar-refractivity contribution in [3.8, 4) is 0 Å². The Morgan fingerprint density at radius 1 is 0.620 bits per heavy atom. The fraction of sp³-hybridized carbons (Fsp3) is 0.231. The van der Waals surface area contributed by atoms with Crippen LogP contribution in [0, 0.1) is 20.8 Å². The van der Waals surface area contributed by atoms with Crippen molar-refractivity contribution in [1.82, 2.24) is 19.6 Å². The van der Waals surface area contributed by atoms with Gasteiger partial charge in [-0.25, -0.2) is 18.4 Å². The lowest BCUT2D eigenvalue weighted by molar-refractivity contribution is 0.423. The molecule has 262 valence electrons. The average molecular weight is 771 g/mol. The average Bonchev–Trinajstić information content (AvgIpc) is 3.11. The van der Waals surface area contributed by atoms with Gasteiger partial charge in [-0.05, 0) is 56.6 Å². The van der Waals surface area contributed by atoms with Crippen molar-refractivity contribution >= 4 is 78.0 Å². The summed E-state index contributed by atoms with van der Waals surface area (Å²) in [6, 6.07) is 27.1. The first-order valence-electron chi connectivity index (χ1n) is 16.1. The Hall–Kier alpha value is -3.27.